The first-order valence-electron chi connectivity index (χ1n) is 24.4. The number of carbonyl (C=O) groups excluding carboxylic acids is 4. The normalized spacial score (nSPS) is 11.9. The van der Waals surface area contributed by atoms with Crippen molar-refractivity contribution in [3.8, 4) is 0 Å². The first-order valence-corrected chi connectivity index (χ1v) is 25.9. The van der Waals surface area contributed by atoms with Crippen LogP contribution in [0.3, 0.4) is 0 Å². The highest BCUT2D eigenvalue weighted by Crippen LogP contribution is 2.51. The van der Waals surface area contributed by atoms with Gasteiger partial charge in [0, 0.05) is 37.6 Å². The molecule has 0 aromatic heterocycles. The van der Waals surface area contributed by atoms with Crippen LogP contribution in [0.1, 0.15) is 242 Å². The largest absolute Gasteiger partial charge is 0.653 e. The molecule has 0 amide bonds. The Morgan fingerprint density at radius 3 is 1.23 bits per heavy atom. The van der Waals surface area contributed by atoms with Crippen molar-refractivity contribution >= 4 is 37.7 Å². The number of ketones is 1. The average molecular weight is 870 g/mol. The summed E-state index contributed by atoms with van der Waals surface area (Å²) in [6.45, 7) is 6.52. The van der Waals surface area contributed by atoms with E-state index in [1.54, 1.807) is 30.5 Å². The van der Waals surface area contributed by atoms with Gasteiger partial charge in [-0.05, 0) is 76.2 Å². The van der Waals surface area contributed by atoms with E-state index < -0.39 is 25.7 Å². The van der Waals surface area contributed by atoms with Crippen molar-refractivity contribution in [1.29, 1.82) is 0 Å². The molecule has 0 saturated carbocycles. The van der Waals surface area contributed by atoms with Crippen molar-refractivity contribution in [3.63, 3.8) is 0 Å². The van der Waals surface area contributed by atoms with Crippen LogP contribution in [0, 0.1) is 0 Å². The number of phosphoric acid groups is 1. The van der Waals surface area contributed by atoms with E-state index in [0.29, 0.717) is 24.8 Å². The van der Waals surface area contributed by atoms with Crippen LogP contribution in [0.15, 0.2) is 53.6 Å². The monoisotopic (exact) mass is 870 g/mol. The minimum absolute atomic E-state index is 0.00173. The van der Waals surface area contributed by atoms with E-state index >= 15 is 0 Å². The number of Topliss-reactive ketones (excluding diaryl/α,β-unsaturated/α-hetero) is 1. The molecule has 9 nitrogen and oxygen atoms in total. The number of rotatable bonds is 41. The Morgan fingerprint density at radius 2 is 0.820 bits per heavy atom. The average Bonchev–Trinajstić information content (AvgIpc) is 3.24. The number of benzene rings is 1. The molecule has 0 aliphatic carbocycles. The van der Waals surface area contributed by atoms with E-state index in [-0.39, 0.29) is 31.6 Å². The van der Waals surface area contributed by atoms with Gasteiger partial charge in [-0.15, -0.1) is 0 Å². The van der Waals surface area contributed by atoms with Crippen molar-refractivity contribution in [3.05, 3.63) is 59.7 Å². The van der Waals surface area contributed by atoms with E-state index in [0.717, 1.165) is 95.5 Å². The third-order valence-corrected chi connectivity index (χ3v) is 11.9. The number of allylic oxidation sites excluding steroid dienone is 4. The van der Waals surface area contributed by atoms with Gasteiger partial charge in [-0.1, -0.05) is 178 Å². The van der Waals surface area contributed by atoms with Gasteiger partial charge in [0.15, 0.2) is 5.78 Å². The van der Waals surface area contributed by atoms with Gasteiger partial charge in [-0.2, -0.15) is 4.57 Å². The summed E-state index contributed by atoms with van der Waals surface area (Å²) in [6, 6.07) is 7.06. The fraction of sp³-hybridized carbons (Fsp3) is 0.706. The molecule has 61 heavy (non-hydrogen) atoms. The molecule has 346 valence electrons. The van der Waals surface area contributed by atoms with E-state index in [9.17, 15) is 23.7 Å². The Bertz CT molecular complexity index is 1360. The molecule has 0 heterocycles. The second-order valence-electron chi connectivity index (χ2n) is 16.4. The Hall–Kier alpha value is -3.32. The minimum Gasteiger partial charge on any atom is -0.352 e. The van der Waals surface area contributed by atoms with E-state index in [1.807, 2.05) is 6.92 Å². The maximum absolute atomic E-state index is 13.6. The van der Waals surface area contributed by atoms with Gasteiger partial charge in [-0.3, -0.25) is 24.2 Å². The van der Waals surface area contributed by atoms with Gasteiger partial charge in [0.25, 0.3) is 0 Å². The standard InChI is InChI=1S/C51H84NO8P/c1-4-7-10-12-14-16-18-20-22-24-26-28-30-32-34-37-49(54)58-61(57,59-50(55)38-35-33-31-29-27-25-23-21-19-17-15-13-11-8-5-2)60-51(56)43-44-52-45-46-39-41-47(42-40-46)48(53)36-9-6-3/h20-23,39-42,45H,4-19,24-38,43-44H2,1-3H3/b22-20-,23-21-,52-45?. The maximum atomic E-state index is 13.6. The molecular formula is C51H84NO8P. The van der Waals surface area contributed by atoms with Crippen LogP contribution in [0.25, 0.3) is 0 Å². The molecule has 0 radical (unpaired) electrons. The predicted octanol–water partition coefficient (Wildman–Crippen LogP) is 15.7. The Labute approximate surface area is 371 Å². The number of carbonyl (C=O) groups is 4. The number of hydrogen-bond donors (Lipinski definition) is 0. The first kappa shape index (κ1) is 55.7. The fourth-order valence-corrected chi connectivity index (χ4v) is 7.94. The quantitative estimate of drug-likeness (QED) is 0.0209. The van der Waals surface area contributed by atoms with Crippen molar-refractivity contribution in [2.45, 2.75) is 226 Å². The van der Waals surface area contributed by atoms with Gasteiger partial charge in [0.2, 0.25) is 0 Å². The number of phosphoric ester groups is 1. The molecule has 1 rings (SSSR count). The SMILES string of the molecule is CCCCCCCC/C=C\CCCCCCCC(=O)OP(=O)(OC(=O)CCCCCCC/C=C\CCCCCCCC)OC(=O)CCN=Cc1ccc(C(=O)CCCC)cc1. The number of nitrogens with zero attached hydrogens (tertiary/aromatic N) is 1. The molecule has 1 aromatic carbocycles. The molecule has 0 atom stereocenters. The van der Waals surface area contributed by atoms with Gasteiger partial charge in [-0.25, -0.2) is 0 Å². The second kappa shape index (κ2) is 39.5. The molecule has 0 bridgehead atoms. The van der Waals surface area contributed by atoms with Gasteiger partial charge in [0.1, 0.15) is 0 Å². The van der Waals surface area contributed by atoms with Gasteiger partial charge in [0.05, 0.1) is 6.42 Å². The Morgan fingerprint density at radius 1 is 0.459 bits per heavy atom. The molecule has 0 spiro atoms. The molecule has 0 aliphatic rings. The summed E-state index contributed by atoms with van der Waals surface area (Å²) in [6.07, 6.45) is 41.6. The predicted molar refractivity (Wildman–Crippen MR) is 252 cm³/mol. The van der Waals surface area contributed by atoms with Crippen molar-refractivity contribution in [2.24, 2.45) is 4.99 Å². The lowest BCUT2D eigenvalue weighted by Gasteiger charge is -2.16. The molecule has 0 N–H and O–H groups in total. The van der Waals surface area contributed by atoms with Crippen LogP contribution in [-0.4, -0.2) is 36.5 Å². The summed E-state index contributed by atoms with van der Waals surface area (Å²) in [4.78, 5) is 54.8. The van der Waals surface area contributed by atoms with Crippen LogP contribution in [0.4, 0.5) is 0 Å². The van der Waals surface area contributed by atoms with Crippen molar-refractivity contribution in [2.75, 3.05) is 6.54 Å². The summed E-state index contributed by atoms with van der Waals surface area (Å²) in [5, 5.41) is 0. The lowest BCUT2D eigenvalue weighted by Crippen LogP contribution is -2.14. The molecule has 0 aliphatic heterocycles. The number of aliphatic imine (C=N–C) groups is 1. The van der Waals surface area contributed by atoms with E-state index in [2.05, 4.69) is 43.1 Å². The van der Waals surface area contributed by atoms with Gasteiger partial charge < -0.3 is 13.6 Å². The highest BCUT2D eigenvalue weighted by molar-refractivity contribution is 7.50. The molecule has 0 unspecified atom stereocenters. The molecule has 1 aromatic rings. The zero-order chi connectivity index (χ0) is 44.5. The summed E-state index contributed by atoms with van der Waals surface area (Å²) in [5.74, 6) is -2.53. The van der Waals surface area contributed by atoms with Crippen LogP contribution in [-0.2, 0) is 32.5 Å². The van der Waals surface area contributed by atoms with Crippen molar-refractivity contribution in [1.82, 2.24) is 0 Å². The fourth-order valence-electron chi connectivity index (χ4n) is 6.81. The lowest BCUT2D eigenvalue weighted by molar-refractivity contribution is -0.144. The Balaban J connectivity index is 2.52. The lowest BCUT2D eigenvalue weighted by atomic mass is 10.0. The third kappa shape index (κ3) is 33.9. The topological polar surface area (TPSA) is 125 Å². The highest BCUT2D eigenvalue weighted by Gasteiger charge is 2.39. The van der Waals surface area contributed by atoms with Crippen molar-refractivity contribution < 1.29 is 37.3 Å². The Kier molecular flexibility index (Phi) is 36.1. The highest BCUT2D eigenvalue weighted by atomic mass is 31.2. The molecule has 10 heteroatoms. The summed E-state index contributed by atoms with van der Waals surface area (Å²) in [7, 11) is -4.85. The zero-order valence-corrected chi connectivity index (χ0v) is 39.6. The minimum atomic E-state index is -4.85. The van der Waals surface area contributed by atoms with E-state index in [4.69, 9.17) is 13.6 Å². The van der Waals surface area contributed by atoms with Crippen LogP contribution >= 0.6 is 7.82 Å². The number of hydrogen-bond acceptors (Lipinski definition) is 9. The van der Waals surface area contributed by atoms with E-state index in [1.165, 1.54) is 77.0 Å². The molecule has 0 fully saturated rings. The number of unbranched alkanes of at least 4 members (excludes halogenated alkanes) is 23. The zero-order valence-electron chi connectivity index (χ0n) is 38.7. The molecule has 0 saturated heterocycles. The summed E-state index contributed by atoms with van der Waals surface area (Å²) < 4.78 is 28.8. The van der Waals surface area contributed by atoms with Gasteiger partial charge >= 0.3 is 25.7 Å². The molecular weight excluding hydrogens is 786 g/mol. The first-order chi connectivity index (χ1) is 29.7. The van der Waals surface area contributed by atoms with Crippen LogP contribution in [0.2, 0.25) is 0 Å². The smallest absolute Gasteiger partial charge is 0.352 e. The summed E-state index contributed by atoms with van der Waals surface area (Å²) in [5.41, 5.74) is 1.39. The van der Waals surface area contributed by atoms with Crippen LogP contribution in [0.5, 0.6) is 0 Å². The maximum Gasteiger partial charge on any atom is 0.653 e. The summed E-state index contributed by atoms with van der Waals surface area (Å²) >= 11 is 0. The third-order valence-electron chi connectivity index (χ3n) is 10.6. The second-order valence-corrected chi connectivity index (χ2v) is 17.9. The van der Waals surface area contributed by atoms with Crippen LogP contribution < -0.4 is 0 Å².